The van der Waals surface area contributed by atoms with E-state index >= 15 is 0 Å². The van der Waals surface area contributed by atoms with E-state index in [1.54, 1.807) is 6.92 Å². The molecule has 0 amide bonds. The van der Waals surface area contributed by atoms with Crippen molar-refractivity contribution >= 4 is 7.82 Å². The van der Waals surface area contributed by atoms with Gasteiger partial charge in [0.25, 0.3) is 0 Å². The lowest BCUT2D eigenvalue weighted by molar-refractivity contribution is 0.110. The fraction of sp³-hybridized carbons (Fsp3) is 1.00. The Balaban J connectivity index is 0. The molecule has 0 bridgehead atoms. The molecule has 7 heteroatoms. The van der Waals surface area contributed by atoms with Crippen LogP contribution in [0.15, 0.2) is 0 Å². The monoisotopic (exact) mass is 341 g/mol. The summed E-state index contributed by atoms with van der Waals surface area (Å²) >= 11 is 0. The molecule has 0 spiro atoms. The first-order chi connectivity index (χ1) is 10.5. The Morgan fingerprint density at radius 3 is 1.36 bits per heavy atom. The second-order valence-corrected chi connectivity index (χ2v) is 6.76. The largest absolute Gasteiger partial charge is 0.474 e. The first-order valence-corrected chi connectivity index (χ1v) is 9.83. The standard InChI is InChI=1S/C12H27O4P.C3H9NO/c1-4-7-10-14-17(13,15-11-8-5-2)16-12-9-6-3;1-3(5)2-4/h4-12H2,1-3H3;3,5H,2,4H2,1H3. The topological polar surface area (TPSA) is 91.0 Å². The van der Waals surface area contributed by atoms with Crippen LogP contribution in [0.1, 0.15) is 66.2 Å². The molecule has 0 fully saturated rings. The molecule has 0 heterocycles. The van der Waals surface area contributed by atoms with Crippen molar-refractivity contribution in [1.29, 1.82) is 0 Å². The van der Waals surface area contributed by atoms with Crippen molar-refractivity contribution in [3.05, 3.63) is 0 Å². The molecule has 22 heavy (non-hydrogen) atoms. The van der Waals surface area contributed by atoms with E-state index in [4.69, 9.17) is 24.4 Å². The summed E-state index contributed by atoms with van der Waals surface area (Å²) in [5.41, 5.74) is 4.92. The van der Waals surface area contributed by atoms with Gasteiger partial charge in [-0.25, -0.2) is 4.57 Å². The zero-order chi connectivity index (χ0) is 17.3. The van der Waals surface area contributed by atoms with E-state index in [0.29, 0.717) is 26.4 Å². The Labute approximate surface area is 136 Å². The third-order valence-electron chi connectivity index (χ3n) is 2.58. The van der Waals surface area contributed by atoms with E-state index in [2.05, 4.69) is 20.8 Å². The van der Waals surface area contributed by atoms with Crippen molar-refractivity contribution in [3.63, 3.8) is 0 Å². The van der Waals surface area contributed by atoms with Crippen molar-refractivity contribution in [2.75, 3.05) is 26.4 Å². The van der Waals surface area contributed by atoms with Crippen LogP contribution in [-0.2, 0) is 18.1 Å². The Morgan fingerprint density at radius 2 is 1.18 bits per heavy atom. The van der Waals surface area contributed by atoms with Crippen molar-refractivity contribution in [2.45, 2.75) is 72.3 Å². The van der Waals surface area contributed by atoms with Crippen molar-refractivity contribution in [1.82, 2.24) is 0 Å². The van der Waals surface area contributed by atoms with E-state index in [-0.39, 0.29) is 6.10 Å². The fourth-order valence-corrected chi connectivity index (χ4v) is 2.36. The molecule has 0 saturated heterocycles. The van der Waals surface area contributed by atoms with Gasteiger partial charge in [-0.3, -0.25) is 13.6 Å². The number of aliphatic hydroxyl groups excluding tert-OH is 1. The number of hydrogen-bond acceptors (Lipinski definition) is 6. The normalized spacial score (nSPS) is 12.6. The minimum Gasteiger partial charge on any atom is -0.392 e. The summed E-state index contributed by atoms with van der Waals surface area (Å²) in [5, 5.41) is 8.24. The van der Waals surface area contributed by atoms with Gasteiger partial charge in [-0.2, -0.15) is 0 Å². The Kier molecular flexibility index (Phi) is 19.2. The maximum Gasteiger partial charge on any atom is 0.474 e. The van der Waals surface area contributed by atoms with Gasteiger partial charge in [-0.15, -0.1) is 0 Å². The lowest BCUT2D eigenvalue weighted by atomic mass is 10.4. The third kappa shape index (κ3) is 18.1. The average Bonchev–Trinajstić information content (AvgIpc) is 2.49. The Bertz CT molecular complexity index is 231. The highest BCUT2D eigenvalue weighted by Crippen LogP contribution is 2.49. The minimum absolute atomic E-state index is 0.338. The summed E-state index contributed by atoms with van der Waals surface area (Å²) in [5.74, 6) is 0. The molecule has 0 saturated carbocycles. The molecular weight excluding hydrogens is 305 g/mol. The van der Waals surface area contributed by atoms with Crippen LogP contribution in [0.2, 0.25) is 0 Å². The van der Waals surface area contributed by atoms with Gasteiger partial charge >= 0.3 is 7.82 Å². The molecule has 0 aliphatic rings. The predicted octanol–water partition coefficient (Wildman–Crippen LogP) is 3.87. The second-order valence-electron chi connectivity index (χ2n) is 5.09. The maximum atomic E-state index is 12.2. The van der Waals surface area contributed by atoms with Gasteiger partial charge in [0.15, 0.2) is 0 Å². The van der Waals surface area contributed by atoms with Gasteiger partial charge in [-0.05, 0) is 26.2 Å². The molecule has 0 aromatic carbocycles. The molecular formula is C15H36NO5P. The van der Waals surface area contributed by atoms with E-state index in [1.165, 1.54) is 0 Å². The zero-order valence-corrected chi connectivity index (χ0v) is 15.6. The molecule has 136 valence electrons. The highest BCUT2D eigenvalue weighted by atomic mass is 31.2. The fourth-order valence-electron chi connectivity index (χ4n) is 1.07. The number of aliphatic hydroxyl groups is 1. The number of nitrogens with two attached hydrogens (primary N) is 1. The predicted molar refractivity (Wildman–Crippen MR) is 90.9 cm³/mol. The lowest BCUT2D eigenvalue weighted by Gasteiger charge is -2.17. The summed E-state index contributed by atoms with van der Waals surface area (Å²) in [4.78, 5) is 0. The molecule has 0 radical (unpaired) electrons. The Hall–Kier alpha value is 0.0300. The van der Waals surface area contributed by atoms with Crippen LogP contribution >= 0.6 is 7.82 Å². The minimum atomic E-state index is -3.31. The summed E-state index contributed by atoms with van der Waals surface area (Å²) in [6, 6.07) is 0. The van der Waals surface area contributed by atoms with Crippen LogP contribution in [0.4, 0.5) is 0 Å². The van der Waals surface area contributed by atoms with Gasteiger partial charge in [0.05, 0.1) is 25.9 Å². The lowest BCUT2D eigenvalue weighted by Crippen LogP contribution is -2.14. The van der Waals surface area contributed by atoms with Crippen LogP contribution in [0, 0.1) is 0 Å². The van der Waals surface area contributed by atoms with Crippen LogP contribution in [0.3, 0.4) is 0 Å². The maximum absolute atomic E-state index is 12.2. The van der Waals surface area contributed by atoms with Crippen LogP contribution in [0.25, 0.3) is 0 Å². The first-order valence-electron chi connectivity index (χ1n) is 8.37. The van der Waals surface area contributed by atoms with Crippen LogP contribution in [-0.4, -0.2) is 37.6 Å². The smallest absolute Gasteiger partial charge is 0.392 e. The number of unbranched alkanes of at least 4 members (excludes halogenated alkanes) is 3. The number of hydrogen-bond donors (Lipinski definition) is 2. The molecule has 0 aliphatic carbocycles. The summed E-state index contributed by atoms with van der Waals surface area (Å²) in [7, 11) is -3.31. The molecule has 0 aliphatic heterocycles. The number of phosphoric acid groups is 1. The molecule has 0 aromatic heterocycles. The van der Waals surface area contributed by atoms with E-state index in [0.717, 1.165) is 38.5 Å². The summed E-state index contributed by atoms with van der Waals surface area (Å²) in [6.07, 6.45) is 5.29. The van der Waals surface area contributed by atoms with Gasteiger partial charge in [-0.1, -0.05) is 40.0 Å². The summed E-state index contributed by atoms with van der Waals surface area (Å²) < 4.78 is 28.0. The van der Waals surface area contributed by atoms with E-state index in [1.807, 2.05) is 0 Å². The van der Waals surface area contributed by atoms with Gasteiger partial charge in [0.2, 0.25) is 0 Å². The number of rotatable bonds is 13. The van der Waals surface area contributed by atoms with E-state index < -0.39 is 7.82 Å². The van der Waals surface area contributed by atoms with Gasteiger partial charge in [0, 0.05) is 6.54 Å². The number of phosphoric ester groups is 1. The van der Waals surface area contributed by atoms with Crippen LogP contribution < -0.4 is 5.73 Å². The highest BCUT2D eigenvalue weighted by Gasteiger charge is 2.25. The van der Waals surface area contributed by atoms with Crippen molar-refractivity contribution in [2.24, 2.45) is 5.73 Å². The zero-order valence-electron chi connectivity index (χ0n) is 14.8. The van der Waals surface area contributed by atoms with Gasteiger partial charge in [0.1, 0.15) is 0 Å². The molecule has 1 unspecified atom stereocenters. The quantitative estimate of drug-likeness (QED) is 0.390. The van der Waals surface area contributed by atoms with Crippen molar-refractivity contribution < 1.29 is 23.2 Å². The first kappa shape index (κ1) is 24.3. The SMILES string of the molecule is CC(O)CN.CCCCOP(=O)(OCCCC)OCCCC. The second kappa shape index (κ2) is 17.4. The molecule has 0 rings (SSSR count). The average molecular weight is 341 g/mol. The summed E-state index contributed by atoms with van der Waals surface area (Å²) in [6.45, 7) is 9.50. The third-order valence-corrected chi connectivity index (χ3v) is 4.08. The Morgan fingerprint density at radius 1 is 0.909 bits per heavy atom. The van der Waals surface area contributed by atoms with E-state index in [9.17, 15) is 4.57 Å². The molecule has 6 nitrogen and oxygen atoms in total. The molecule has 0 aromatic rings. The van der Waals surface area contributed by atoms with Crippen molar-refractivity contribution in [3.8, 4) is 0 Å². The highest BCUT2D eigenvalue weighted by molar-refractivity contribution is 7.48. The molecule has 3 N–H and O–H groups in total. The van der Waals surface area contributed by atoms with Crippen LogP contribution in [0.5, 0.6) is 0 Å². The molecule has 1 atom stereocenters. The van der Waals surface area contributed by atoms with Gasteiger partial charge < -0.3 is 10.8 Å².